The van der Waals surface area contributed by atoms with Gasteiger partial charge in [0.1, 0.15) is 5.69 Å². The Bertz CT molecular complexity index is 390. The molecule has 1 N–H and O–H groups in total. The normalized spacial score (nSPS) is 15.3. The zero-order valence-electron chi connectivity index (χ0n) is 8.63. The summed E-state index contributed by atoms with van der Waals surface area (Å²) < 4.78 is 1.82. The fourth-order valence-corrected chi connectivity index (χ4v) is 2.41. The molecule has 14 heavy (non-hydrogen) atoms. The van der Waals surface area contributed by atoms with Crippen molar-refractivity contribution in [3.63, 3.8) is 0 Å². The summed E-state index contributed by atoms with van der Waals surface area (Å²) in [6.45, 7) is 2.01. The molecule has 0 bridgehead atoms. The third-order valence-electron chi connectivity index (χ3n) is 3.23. The van der Waals surface area contributed by atoms with E-state index in [0.717, 1.165) is 30.5 Å². The van der Waals surface area contributed by atoms with E-state index in [1.807, 2.05) is 18.5 Å². The summed E-state index contributed by atoms with van der Waals surface area (Å²) in [5, 5.41) is 9.11. The Balaban J connectivity index is 2.65. The first-order valence-corrected chi connectivity index (χ1v) is 5.03. The number of fused-ring (bicyclic) bond motifs is 1. The minimum atomic E-state index is -0.793. The fraction of sp³-hybridized carbons (Fsp3) is 0.545. The monoisotopic (exact) mass is 193 g/mol. The number of carboxylic acids is 1. The predicted molar refractivity (Wildman–Crippen MR) is 53.8 cm³/mol. The molecule has 0 radical (unpaired) electrons. The van der Waals surface area contributed by atoms with Crippen molar-refractivity contribution in [1.29, 1.82) is 0 Å². The summed E-state index contributed by atoms with van der Waals surface area (Å²) in [7, 11) is 1.84. The van der Waals surface area contributed by atoms with Crippen molar-refractivity contribution in [2.24, 2.45) is 7.05 Å². The van der Waals surface area contributed by atoms with Gasteiger partial charge < -0.3 is 9.67 Å². The standard InChI is InChI=1S/C11H15NO2/c1-7-8-5-3-4-6-9(8)10(11(13)14)12(7)2/h3-6H2,1-2H3,(H,13,14). The van der Waals surface area contributed by atoms with Crippen LogP contribution in [-0.4, -0.2) is 15.6 Å². The lowest BCUT2D eigenvalue weighted by Gasteiger charge is -2.11. The zero-order chi connectivity index (χ0) is 10.3. The number of hydrogen-bond donors (Lipinski definition) is 1. The molecule has 76 valence electrons. The van der Waals surface area contributed by atoms with Gasteiger partial charge in [-0.2, -0.15) is 0 Å². The molecule has 0 aliphatic heterocycles. The van der Waals surface area contributed by atoms with E-state index in [1.54, 1.807) is 0 Å². The molecule has 2 rings (SSSR count). The minimum Gasteiger partial charge on any atom is -0.477 e. The second-order valence-corrected chi connectivity index (χ2v) is 3.96. The highest BCUT2D eigenvalue weighted by Gasteiger charge is 2.24. The number of carbonyl (C=O) groups is 1. The van der Waals surface area contributed by atoms with Gasteiger partial charge in [-0.25, -0.2) is 4.79 Å². The number of hydrogen-bond acceptors (Lipinski definition) is 1. The molecule has 1 aliphatic rings. The van der Waals surface area contributed by atoms with Crippen molar-refractivity contribution in [2.75, 3.05) is 0 Å². The van der Waals surface area contributed by atoms with E-state index >= 15 is 0 Å². The molecule has 0 atom stereocenters. The summed E-state index contributed by atoms with van der Waals surface area (Å²) in [6.07, 6.45) is 4.29. The lowest BCUT2D eigenvalue weighted by Crippen LogP contribution is -2.09. The van der Waals surface area contributed by atoms with E-state index in [0.29, 0.717) is 5.69 Å². The molecule has 0 fully saturated rings. The molecule has 0 amide bonds. The Kier molecular flexibility index (Phi) is 2.10. The molecule has 1 aliphatic carbocycles. The first-order valence-electron chi connectivity index (χ1n) is 5.03. The van der Waals surface area contributed by atoms with Gasteiger partial charge in [0, 0.05) is 12.7 Å². The van der Waals surface area contributed by atoms with Gasteiger partial charge >= 0.3 is 5.97 Å². The van der Waals surface area contributed by atoms with Crippen LogP contribution in [-0.2, 0) is 19.9 Å². The van der Waals surface area contributed by atoms with Gasteiger partial charge in [0.15, 0.2) is 0 Å². The van der Waals surface area contributed by atoms with Crippen molar-refractivity contribution in [3.8, 4) is 0 Å². The molecule has 1 heterocycles. The molecule has 0 unspecified atom stereocenters. The summed E-state index contributed by atoms with van der Waals surface area (Å²) in [5.41, 5.74) is 3.97. The number of aromatic carboxylic acids is 1. The van der Waals surface area contributed by atoms with Crippen LogP contribution in [0.25, 0.3) is 0 Å². The van der Waals surface area contributed by atoms with E-state index in [1.165, 1.54) is 12.0 Å². The summed E-state index contributed by atoms with van der Waals surface area (Å²) in [4.78, 5) is 11.1. The second-order valence-electron chi connectivity index (χ2n) is 3.96. The maximum Gasteiger partial charge on any atom is 0.352 e. The maximum atomic E-state index is 11.1. The van der Waals surface area contributed by atoms with E-state index < -0.39 is 5.97 Å². The van der Waals surface area contributed by atoms with Crippen LogP contribution < -0.4 is 0 Å². The molecular weight excluding hydrogens is 178 g/mol. The quantitative estimate of drug-likeness (QED) is 0.740. The first-order chi connectivity index (χ1) is 6.63. The topological polar surface area (TPSA) is 42.2 Å². The van der Waals surface area contributed by atoms with E-state index in [-0.39, 0.29) is 0 Å². The summed E-state index contributed by atoms with van der Waals surface area (Å²) >= 11 is 0. The van der Waals surface area contributed by atoms with Crippen molar-refractivity contribution >= 4 is 5.97 Å². The average Bonchev–Trinajstić information content (AvgIpc) is 2.41. The van der Waals surface area contributed by atoms with Crippen LogP contribution in [0.5, 0.6) is 0 Å². The van der Waals surface area contributed by atoms with Crippen molar-refractivity contribution < 1.29 is 9.90 Å². The van der Waals surface area contributed by atoms with Crippen LogP contribution in [0.1, 0.15) is 40.2 Å². The lowest BCUT2D eigenvalue weighted by atomic mass is 9.92. The highest BCUT2D eigenvalue weighted by Crippen LogP contribution is 2.29. The first kappa shape index (κ1) is 9.31. The molecule has 3 heteroatoms. The summed E-state index contributed by atoms with van der Waals surface area (Å²) in [6, 6.07) is 0. The smallest absolute Gasteiger partial charge is 0.352 e. The van der Waals surface area contributed by atoms with E-state index in [2.05, 4.69) is 0 Å². The highest BCUT2D eigenvalue weighted by molar-refractivity contribution is 5.88. The van der Waals surface area contributed by atoms with Crippen molar-refractivity contribution in [3.05, 3.63) is 22.5 Å². The molecule has 0 spiro atoms. The van der Waals surface area contributed by atoms with Crippen molar-refractivity contribution in [1.82, 2.24) is 4.57 Å². The van der Waals surface area contributed by atoms with Crippen LogP contribution in [0, 0.1) is 6.92 Å². The van der Waals surface area contributed by atoms with Gasteiger partial charge in [-0.05, 0) is 43.7 Å². The Hall–Kier alpha value is -1.25. The number of aromatic nitrogens is 1. The van der Waals surface area contributed by atoms with E-state index in [9.17, 15) is 4.79 Å². The van der Waals surface area contributed by atoms with Gasteiger partial charge in [0.2, 0.25) is 0 Å². The molecule has 1 aromatic heterocycles. The zero-order valence-corrected chi connectivity index (χ0v) is 8.63. The third kappa shape index (κ3) is 1.15. The third-order valence-corrected chi connectivity index (χ3v) is 3.23. The van der Waals surface area contributed by atoms with Crippen LogP contribution in [0.2, 0.25) is 0 Å². The van der Waals surface area contributed by atoms with Crippen LogP contribution >= 0.6 is 0 Å². The van der Waals surface area contributed by atoms with Gasteiger partial charge in [-0.3, -0.25) is 0 Å². The van der Waals surface area contributed by atoms with Gasteiger partial charge in [-0.15, -0.1) is 0 Å². The molecule has 1 aromatic rings. The highest BCUT2D eigenvalue weighted by atomic mass is 16.4. The molecule has 0 aromatic carbocycles. The summed E-state index contributed by atoms with van der Waals surface area (Å²) in [5.74, 6) is -0.793. The lowest BCUT2D eigenvalue weighted by molar-refractivity contribution is 0.0685. The van der Waals surface area contributed by atoms with Gasteiger partial charge in [0.25, 0.3) is 0 Å². The van der Waals surface area contributed by atoms with Crippen molar-refractivity contribution in [2.45, 2.75) is 32.6 Å². The Morgan fingerprint density at radius 3 is 2.43 bits per heavy atom. The number of carboxylic acid groups (broad SMARTS) is 1. The van der Waals surface area contributed by atoms with Gasteiger partial charge in [-0.1, -0.05) is 0 Å². The molecule has 0 saturated carbocycles. The number of nitrogens with zero attached hydrogens (tertiary/aromatic N) is 1. The Morgan fingerprint density at radius 2 is 1.86 bits per heavy atom. The largest absolute Gasteiger partial charge is 0.477 e. The van der Waals surface area contributed by atoms with Crippen LogP contribution in [0.3, 0.4) is 0 Å². The SMILES string of the molecule is Cc1c2c(c(C(=O)O)n1C)CCCC2. The average molecular weight is 193 g/mol. The Labute approximate surface area is 83.4 Å². The van der Waals surface area contributed by atoms with Crippen LogP contribution in [0.4, 0.5) is 0 Å². The van der Waals surface area contributed by atoms with Crippen LogP contribution in [0.15, 0.2) is 0 Å². The van der Waals surface area contributed by atoms with Gasteiger partial charge in [0.05, 0.1) is 0 Å². The van der Waals surface area contributed by atoms with E-state index in [4.69, 9.17) is 5.11 Å². The second kappa shape index (κ2) is 3.15. The molecule has 0 saturated heterocycles. The minimum absolute atomic E-state index is 0.497. The Morgan fingerprint density at radius 1 is 1.29 bits per heavy atom. The molecule has 3 nitrogen and oxygen atoms in total. The predicted octanol–water partition coefficient (Wildman–Crippen LogP) is 1.91. The maximum absolute atomic E-state index is 11.1. The fourth-order valence-electron chi connectivity index (χ4n) is 2.41. The number of rotatable bonds is 1. The molecular formula is C11H15NO2.